The fourth-order valence-electron chi connectivity index (χ4n) is 1.46. The third-order valence-electron chi connectivity index (χ3n) is 2.38. The van der Waals surface area contributed by atoms with Gasteiger partial charge in [0.1, 0.15) is 5.69 Å². The summed E-state index contributed by atoms with van der Waals surface area (Å²) in [4.78, 5) is 0. The number of nitrogens with one attached hydrogen (secondary N) is 1. The Morgan fingerprint density at radius 3 is 2.94 bits per heavy atom. The molecule has 0 spiro atoms. The number of nitrogens with zero attached hydrogens (tertiary/aromatic N) is 3. The summed E-state index contributed by atoms with van der Waals surface area (Å²) >= 11 is 6.03. The monoisotopic (exact) mass is 236 g/mol. The van der Waals surface area contributed by atoms with Gasteiger partial charge >= 0.3 is 0 Å². The van der Waals surface area contributed by atoms with Gasteiger partial charge in [0.25, 0.3) is 0 Å². The third kappa shape index (κ3) is 2.33. The molecule has 0 atom stereocenters. The summed E-state index contributed by atoms with van der Waals surface area (Å²) in [5.41, 5.74) is 2.98. The molecule has 0 radical (unpaired) electrons. The molecule has 0 fully saturated rings. The Balaban J connectivity index is 2.07. The average Bonchev–Trinajstić information content (AvgIpc) is 2.67. The van der Waals surface area contributed by atoms with E-state index < -0.39 is 0 Å². The summed E-state index contributed by atoms with van der Waals surface area (Å²) in [6.07, 6.45) is 1.88. The van der Waals surface area contributed by atoms with E-state index in [9.17, 15) is 0 Å². The Morgan fingerprint density at radius 2 is 2.25 bits per heavy atom. The molecule has 5 heteroatoms. The van der Waals surface area contributed by atoms with Crippen LogP contribution in [0.25, 0.3) is 0 Å². The van der Waals surface area contributed by atoms with Crippen molar-refractivity contribution in [2.75, 3.05) is 5.32 Å². The van der Waals surface area contributed by atoms with Crippen molar-refractivity contribution in [3.05, 3.63) is 40.7 Å². The molecule has 2 rings (SSSR count). The van der Waals surface area contributed by atoms with Gasteiger partial charge in [-0.05, 0) is 24.6 Å². The minimum absolute atomic E-state index is 0.648. The van der Waals surface area contributed by atoms with Crippen molar-refractivity contribution in [2.45, 2.75) is 13.5 Å². The summed E-state index contributed by atoms with van der Waals surface area (Å²) in [5.74, 6) is 0. The lowest BCUT2D eigenvalue weighted by Crippen LogP contribution is -2.01. The van der Waals surface area contributed by atoms with Crippen molar-refractivity contribution >= 4 is 17.3 Å². The van der Waals surface area contributed by atoms with Gasteiger partial charge in [-0.1, -0.05) is 22.9 Å². The van der Waals surface area contributed by atoms with Gasteiger partial charge in [-0.15, -0.1) is 5.10 Å². The zero-order valence-corrected chi connectivity index (χ0v) is 9.99. The SMILES string of the molecule is Cc1c(Cl)cccc1NCc1cn(C)nn1. The highest BCUT2D eigenvalue weighted by Gasteiger charge is 2.02. The van der Waals surface area contributed by atoms with Crippen LogP contribution in [-0.2, 0) is 13.6 Å². The highest BCUT2D eigenvalue weighted by atomic mass is 35.5. The number of aromatic nitrogens is 3. The molecule has 1 heterocycles. The van der Waals surface area contributed by atoms with E-state index in [-0.39, 0.29) is 0 Å². The molecule has 0 aliphatic carbocycles. The van der Waals surface area contributed by atoms with Crippen molar-refractivity contribution in [2.24, 2.45) is 7.05 Å². The standard InChI is InChI=1S/C11H13ClN4/c1-8-10(12)4-3-5-11(8)13-6-9-7-16(2)15-14-9/h3-5,7,13H,6H2,1-2H3. The third-order valence-corrected chi connectivity index (χ3v) is 2.79. The maximum absolute atomic E-state index is 6.03. The van der Waals surface area contributed by atoms with Crippen LogP contribution in [0.3, 0.4) is 0 Å². The fourth-order valence-corrected chi connectivity index (χ4v) is 1.64. The molecule has 1 N–H and O–H groups in total. The number of hydrogen-bond donors (Lipinski definition) is 1. The van der Waals surface area contributed by atoms with Crippen LogP contribution >= 0.6 is 11.6 Å². The van der Waals surface area contributed by atoms with Gasteiger partial charge in [0.2, 0.25) is 0 Å². The van der Waals surface area contributed by atoms with Crippen LogP contribution in [0.15, 0.2) is 24.4 Å². The highest BCUT2D eigenvalue weighted by molar-refractivity contribution is 6.31. The second kappa shape index (κ2) is 4.53. The zero-order valence-electron chi connectivity index (χ0n) is 9.24. The van der Waals surface area contributed by atoms with Crippen LogP contribution in [0, 0.1) is 6.92 Å². The molecule has 0 aliphatic heterocycles. The van der Waals surface area contributed by atoms with Crippen LogP contribution < -0.4 is 5.32 Å². The average molecular weight is 237 g/mol. The van der Waals surface area contributed by atoms with Gasteiger partial charge in [-0.25, -0.2) is 0 Å². The van der Waals surface area contributed by atoms with E-state index in [1.54, 1.807) is 4.68 Å². The van der Waals surface area contributed by atoms with Gasteiger partial charge in [0.15, 0.2) is 0 Å². The van der Waals surface area contributed by atoms with E-state index in [2.05, 4.69) is 15.6 Å². The Morgan fingerprint density at radius 1 is 1.44 bits per heavy atom. The number of hydrogen-bond acceptors (Lipinski definition) is 3. The zero-order chi connectivity index (χ0) is 11.5. The molecule has 2 aromatic rings. The van der Waals surface area contributed by atoms with Gasteiger partial charge in [0, 0.05) is 24.0 Å². The van der Waals surface area contributed by atoms with Crippen molar-refractivity contribution in [3.8, 4) is 0 Å². The van der Waals surface area contributed by atoms with E-state index >= 15 is 0 Å². The molecule has 16 heavy (non-hydrogen) atoms. The van der Waals surface area contributed by atoms with Gasteiger partial charge in [-0.3, -0.25) is 4.68 Å². The first-order chi connectivity index (χ1) is 7.66. The molecule has 0 saturated carbocycles. The van der Waals surface area contributed by atoms with Crippen molar-refractivity contribution < 1.29 is 0 Å². The normalized spacial score (nSPS) is 10.4. The first-order valence-electron chi connectivity index (χ1n) is 5.01. The molecule has 0 bridgehead atoms. The molecule has 1 aromatic carbocycles. The van der Waals surface area contributed by atoms with E-state index in [1.807, 2.05) is 38.4 Å². The lowest BCUT2D eigenvalue weighted by molar-refractivity contribution is 0.713. The molecular weight excluding hydrogens is 224 g/mol. The van der Waals surface area contributed by atoms with Crippen molar-refractivity contribution in [1.82, 2.24) is 15.0 Å². The lowest BCUT2D eigenvalue weighted by atomic mass is 10.2. The minimum atomic E-state index is 0.648. The minimum Gasteiger partial charge on any atom is -0.379 e. The van der Waals surface area contributed by atoms with E-state index in [0.29, 0.717) is 6.54 Å². The van der Waals surface area contributed by atoms with E-state index in [4.69, 9.17) is 11.6 Å². The Kier molecular flexibility index (Phi) is 3.10. The number of aryl methyl sites for hydroxylation is 1. The Hall–Kier alpha value is -1.55. The summed E-state index contributed by atoms with van der Waals surface area (Å²) in [5, 5.41) is 11.9. The number of benzene rings is 1. The quantitative estimate of drug-likeness (QED) is 0.890. The number of rotatable bonds is 3. The maximum atomic E-state index is 6.03. The van der Waals surface area contributed by atoms with Crippen LogP contribution in [0.4, 0.5) is 5.69 Å². The Bertz CT molecular complexity index is 492. The number of halogens is 1. The lowest BCUT2D eigenvalue weighted by Gasteiger charge is -2.08. The number of anilines is 1. The molecule has 84 valence electrons. The highest BCUT2D eigenvalue weighted by Crippen LogP contribution is 2.23. The second-order valence-corrected chi connectivity index (χ2v) is 4.06. The summed E-state index contributed by atoms with van der Waals surface area (Å²) < 4.78 is 1.68. The summed E-state index contributed by atoms with van der Waals surface area (Å²) in [6, 6.07) is 5.80. The molecule has 0 aliphatic rings. The van der Waals surface area contributed by atoms with E-state index in [1.165, 1.54) is 0 Å². The summed E-state index contributed by atoms with van der Waals surface area (Å²) in [7, 11) is 1.85. The van der Waals surface area contributed by atoms with E-state index in [0.717, 1.165) is 22.0 Å². The van der Waals surface area contributed by atoms with Crippen LogP contribution in [-0.4, -0.2) is 15.0 Å². The molecular formula is C11H13ClN4. The van der Waals surface area contributed by atoms with Gasteiger partial charge in [0.05, 0.1) is 6.54 Å². The van der Waals surface area contributed by atoms with Crippen molar-refractivity contribution in [1.29, 1.82) is 0 Å². The molecule has 0 unspecified atom stereocenters. The smallest absolute Gasteiger partial charge is 0.102 e. The van der Waals surface area contributed by atoms with Gasteiger partial charge in [-0.2, -0.15) is 0 Å². The topological polar surface area (TPSA) is 42.7 Å². The molecule has 4 nitrogen and oxygen atoms in total. The van der Waals surface area contributed by atoms with Crippen molar-refractivity contribution in [3.63, 3.8) is 0 Å². The predicted octanol–water partition coefficient (Wildman–Crippen LogP) is 2.39. The van der Waals surface area contributed by atoms with Crippen LogP contribution in [0.1, 0.15) is 11.3 Å². The first kappa shape index (κ1) is 11.0. The molecule has 0 saturated heterocycles. The molecule has 0 amide bonds. The molecule has 1 aromatic heterocycles. The van der Waals surface area contributed by atoms with Crippen LogP contribution in [0.5, 0.6) is 0 Å². The summed E-state index contributed by atoms with van der Waals surface area (Å²) in [6.45, 7) is 2.64. The Labute approximate surface area is 99.2 Å². The largest absolute Gasteiger partial charge is 0.379 e. The first-order valence-corrected chi connectivity index (χ1v) is 5.39. The fraction of sp³-hybridized carbons (Fsp3) is 0.273. The second-order valence-electron chi connectivity index (χ2n) is 3.65. The van der Waals surface area contributed by atoms with Crippen LogP contribution in [0.2, 0.25) is 5.02 Å². The predicted molar refractivity (Wildman–Crippen MR) is 64.5 cm³/mol. The maximum Gasteiger partial charge on any atom is 0.102 e. The van der Waals surface area contributed by atoms with Gasteiger partial charge < -0.3 is 5.32 Å².